The number of hydroxylamine groups is 1. The summed E-state index contributed by atoms with van der Waals surface area (Å²) >= 11 is 0. The molecule has 3 atom stereocenters. The first-order chi connectivity index (χ1) is 19.8. The highest BCUT2D eigenvalue weighted by Crippen LogP contribution is 2.34. The summed E-state index contributed by atoms with van der Waals surface area (Å²) in [6, 6.07) is 4.56. The SMILES string of the molecule is C=C(/C=C\C(=C/C)OC1C=CC=C(OC)C=C1)S(=O)N1CCc2cc(OCCN(CC)CC)ccc2C1C(=O)NO. The molecule has 0 spiro atoms. The van der Waals surface area contributed by atoms with E-state index in [0.717, 1.165) is 31.0 Å². The molecule has 1 aromatic rings. The number of amides is 1. The third kappa shape index (κ3) is 8.77. The van der Waals surface area contributed by atoms with Crippen LogP contribution in [0.15, 0.2) is 89.8 Å². The van der Waals surface area contributed by atoms with E-state index >= 15 is 0 Å². The minimum Gasteiger partial charge on any atom is -0.497 e. The summed E-state index contributed by atoms with van der Waals surface area (Å²) < 4.78 is 32.3. The van der Waals surface area contributed by atoms with Crippen LogP contribution in [0, 0.1) is 0 Å². The van der Waals surface area contributed by atoms with E-state index in [1.807, 2.05) is 43.4 Å². The van der Waals surface area contributed by atoms with Gasteiger partial charge in [0.25, 0.3) is 5.91 Å². The fourth-order valence-electron chi connectivity index (χ4n) is 4.54. The quantitative estimate of drug-likeness (QED) is 0.144. The fraction of sp³-hybridized carbons (Fsp3) is 0.387. The molecule has 41 heavy (non-hydrogen) atoms. The highest BCUT2D eigenvalue weighted by Gasteiger charge is 2.37. The number of rotatable bonds is 14. The lowest BCUT2D eigenvalue weighted by atomic mass is 9.93. The second-order valence-corrected chi connectivity index (χ2v) is 10.8. The lowest BCUT2D eigenvalue weighted by Gasteiger charge is -2.34. The average Bonchev–Trinajstić information content (AvgIpc) is 3.24. The molecule has 2 N–H and O–H groups in total. The Hall–Kier alpha value is -3.44. The van der Waals surface area contributed by atoms with Crippen molar-refractivity contribution in [1.82, 2.24) is 14.7 Å². The number of ether oxygens (including phenoxy) is 3. The number of hydrogen-bond acceptors (Lipinski definition) is 7. The zero-order valence-corrected chi connectivity index (χ0v) is 25.1. The molecule has 3 unspecified atom stereocenters. The van der Waals surface area contributed by atoms with Gasteiger partial charge in [0.1, 0.15) is 47.0 Å². The normalized spacial score (nSPS) is 19.9. The summed E-state index contributed by atoms with van der Waals surface area (Å²) in [4.78, 5) is 15.4. The number of fused-ring (bicyclic) bond motifs is 1. The summed E-state index contributed by atoms with van der Waals surface area (Å²) in [5.41, 5.74) is 3.31. The Morgan fingerprint density at radius 1 is 1.27 bits per heavy atom. The van der Waals surface area contributed by atoms with Crippen molar-refractivity contribution in [3.63, 3.8) is 0 Å². The summed E-state index contributed by atoms with van der Waals surface area (Å²) in [6.07, 6.45) is 14.6. The van der Waals surface area contributed by atoms with E-state index in [0.29, 0.717) is 41.5 Å². The fourth-order valence-corrected chi connectivity index (χ4v) is 5.69. The van der Waals surface area contributed by atoms with E-state index in [4.69, 9.17) is 14.2 Å². The molecule has 0 bridgehead atoms. The molecule has 1 aliphatic heterocycles. The smallest absolute Gasteiger partial charge is 0.266 e. The largest absolute Gasteiger partial charge is 0.497 e. The predicted molar refractivity (Wildman–Crippen MR) is 161 cm³/mol. The van der Waals surface area contributed by atoms with Crippen LogP contribution in [0.3, 0.4) is 0 Å². The Kier molecular flexibility index (Phi) is 12.6. The van der Waals surface area contributed by atoms with Crippen LogP contribution in [0.1, 0.15) is 37.9 Å². The molecule has 0 fully saturated rings. The molecule has 0 saturated heterocycles. The Balaban J connectivity index is 1.70. The molecule has 1 heterocycles. The standard InChI is InChI=1S/C31H41N3O6S/c1-6-25(40-27-11-9-10-26(38-5)14-15-27)13-12-23(4)41(37)34-19-18-24-22-28(39-21-20-33(7-2)8-3)16-17-29(24)30(34)31(35)32-36/h6,9-17,22,27,30,36H,4,7-8,18-21H2,1-3,5H3,(H,32,35)/b13-12-,25-6+. The molecule has 0 radical (unpaired) electrons. The molecule has 10 heteroatoms. The third-order valence-corrected chi connectivity index (χ3v) is 8.31. The van der Waals surface area contributed by atoms with Gasteiger partial charge >= 0.3 is 0 Å². The van der Waals surface area contributed by atoms with Crippen molar-refractivity contribution >= 4 is 16.9 Å². The number of carbonyl (C=O) groups excluding carboxylic acids is 1. The molecule has 3 rings (SSSR count). The first-order valence-electron chi connectivity index (χ1n) is 13.8. The predicted octanol–water partition coefficient (Wildman–Crippen LogP) is 4.49. The van der Waals surface area contributed by atoms with E-state index in [1.165, 1.54) is 4.31 Å². The van der Waals surface area contributed by atoms with Crippen LogP contribution in [0.2, 0.25) is 0 Å². The summed E-state index contributed by atoms with van der Waals surface area (Å²) in [5.74, 6) is 1.33. The van der Waals surface area contributed by atoms with Gasteiger partial charge in [-0.3, -0.25) is 10.0 Å². The van der Waals surface area contributed by atoms with Gasteiger partial charge in [0.15, 0.2) is 0 Å². The topological polar surface area (TPSA) is 101 Å². The molecule has 1 aromatic carbocycles. The maximum absolute atomic E-state index is 13.6. The zero-order chi connectivity index (χ0) is 29.8. The van der Waals surface area contributed by atoms with Gasteiger partial charge in [0.05, 0.1) is 7.11 Å². The Morgan fingerprint density at radius 3 is 2.73 bits per heavy atom. The molecule has 222 valence electrons. The third-order valence-electron chi connectivity index (χ3n) is 6.90. The van der Waals surface area contributed by atoms with Crippen molar-refractivity contribution in [2.24, 2.45) is 0 Å². The maximum atomic E-state index is 13.6. The Bertz CT molecular complexity index is 1250. The van der Waals surface area contributed by atoms with Crippen LogP contribution >= 0.6 is 0 Å². The van der Waals surface area contributed by atoms with Crippen LogP contribution in [-0.2, 0) is 31.7 Å². The summed E-state index contributed by atoms with van der Waals surface area (Å²) in [7, 11) is -0.150. The number of allylic oxidation sites excluding steroid dienone is 6. The second kappa shape index (κ2) is 16.1. The Labute approximate surface area is 245 Å². The lowest BCUT2D eigenvalue weighted by molar-refractivity contribution is -0.133. The lowest BCUT2D eigenvalue weighted by Crippen LogP contribution is -2.44. The minimum absolute atomic E-state index is 0.291. The summed E-state index contributed by atoms with van der Waals surface area (Å²) in [6.45, 7) is 13.7. The number of carbonyl (C=O) groups is 1. The van der Waals surface area contributed by atoms with E-state index in [9.17, 15) is 14.2 Å². The molecule has 1 aliphatic carbocycles. The molecular formula is C31H41N3O6S. The maximum Gasteiger partial charge on any atom is 0.266 e. The van der Waals surface area contributed by atoms with E-state index in [-0.39, 0.29) is 6.10 Å². The van der Waals surface area contributed by atoms with Crippen LogP contribution in [0.5, 0.6) is 5.75 Å². The number of benzene rings is 1. The monoisotopic (exact) mass is 583 g/mol. The van der Waals surface area contributed by atoms with Crippen molar-refractivity contribution in [3.05, 3.63) is 101 Å². The number of nitrogens with zero attached hydrogens (tertiary/aromatic N) is 2. The number of methoxy groups -OCH3 is 1. The van der Waals surface area contributed by atoms with Crippen LogP contribution in [0.4, 0.5) is 0 Å². The minimum atomic E-state index is -1.75. The van der Waals surface area contributed by atoms with Crippen LogP contribution < -0.4 is 10.2 Å². The number of likely N-dealkylation sites (N-methyl/N-ethyl adjacent to an activating group) is 1. The van der Waals surface area contributed by atoms with Gasteiger partial charge < -0.3 is 19.1 Å². The van der Waals surface area contributed by atoms with Crippen molar-refractivity contribution in [1.29, 1.82) is 0 Å². The molecule has 0 aromatic heterocycles. The highest BCUT2D eigenvalue weighted by atomic mass is 32.2. The van der Waals surface area contributed by atoms with Crippen LogP contribution in [0.25, 0.3) is 0 Å². The van der Waals surface area contributed by atoms with Gasteiger partial charge in [0, 0.05) is 18.0 Å². The van der Waals surface area contributed by atoms with Gasteiger partial charge in [-0.15, -0.1) is 0 Å². The molecule has 2 aliphatic rings. The van der Waals surface area contributed by atoms with Gasteiger partial charge in [-0.1, -0.05) is 32.6 Å². The van der Waals surface area contributed by atoms with E-state index < -0.39 is 22.9 Å². The van der Waals surface area contributed by atoms with Crippen molar-refractivity contribution in [2.75, 3.05) is 39.9 Å². The molecular weight excluding hydrogens is 542 g/mol. The summed E-state index contributed by atoms with van der Waals surface area (Å²) in [5, 5.41) is 9.50. The second-order valence-electron chi connectivity index (χ2n) is 9.34. The Morgan fingerprint density at radius 2 is 2.05 bits per heavy atom. The zero-order valence-electron chi connectivity index (χ0n) is 24.2. The average molecular weight is 584 g/mol. The van der Waals surface area contributed by atoms with Gasteiger partial charge in [-0.2, -0.15) is 0 Å². The number of hydrogen-bond donors (Lipinski definition) is 2. The van der Waals surface area contributed by atoms with Crippen molar-refractivity contribution < 1.29 is 28.4 Å². The van der Waals surface area contributed by atoms with Crippen LogP contribution in [-0.4, -0.2) is 70.5 Å². The van der Waals surface area contributed by atoms with Gasteiger partial charge in [-0.05, 0) is 92.2 Å². The van der Waals surface area contributed by atoms with Gasteiger partial charge in [-0.25, -0.2) is 14.0 Å². The molecule has 9 nitrogen and oxygen atoms in total. The highest BCUT2D eigenvalue weighted by molar-refractivity contribution is 7.86. The van der Waals surface area contributed by atoms with Gasteiger partial charge in [0.2, 0.25) is 0 Å². The first-order valence-corrected chi connectivity index (χ1v) is 14.9. The number of nitrogens with one attached hydrogen (secondary N) is 1. The van der Waals surface area contributed by atoms with Crippen molar-refractivity contribution in [2.45, 2.75) is 39.3 Å². The van der Waals surface area contributed by atoms with E-state index in [2.05, 4.69) is 25.3 Å². The molecule has 1 amide bonds. The molecule has 0 saturated carbocycles. The van der Waals surface area contributed by atoms with Crippen molar-refractivity contribution in [3.8, 4) is 5.75 Å². The first kappa shape index (κ1) is 32.1. The van der Waals surface area contributed by atoms with E-state index in [1.54, 1.807) is 43.0 Å².